The van der Waals surface area contributed by atoms with Crippen molar-refractivity contribution in [2.75, 3.05) is 7.11 Å². The fraction of sp³-hybridized carbons (Fsp3) is 0.0714. The van der Waals surface area contributed by atoms with E-state index in [1.807, 2.05) is 24.3 Å². The predicted molar refractivity (Wildman–Crippen MR) is 73.2 cm³/mol. The van der Waals surface area contributed by atoms with E-state index >= 15 is 0 Å². The Balaban J connectivity index is 2.67. The molecule has 0 radical (unpaired) electrons. The van der Waals surface area contributed by atoms with Crippen LogP contribution in [0.2, 0.25) is 5.02 Å². The highest BCUT2D eigenvalue weighted by atomic mass is 35.5. The van der Waals surface area contributed by atoms with E-state index in [4.69, 9.17) is 16.4 Å². The highest BCUT2D eigenvalue weighted by molar-refractivity contribution is 6.31. The molecule has 0 saturated carbocycles. The minimum absolute atomic E-state index is 0.164. The number of rotatable bonds is 1. The monoisotopic (exact) mass is 259 g/mol. The largest absolute Gasteiger partial charge is 0.413 e. The summed E-state index contributed by atoms with van der Waals surface area (Å²) in [6, 6.07) is 12.8. The summed E-state index contributed by atoms with van der Waals surface area (Å²) < 4.78 is 1.29. The van der Waals surface area contributed by atoms with Gasteiger partial charge in [-0.05, 0) is 29.7 Å². The zero-order valence-electron chi connectivity index (χ0n) is 9.68. The summed E-state index contributed by atoms with van der Waals surface area (Å²) in [7, 11) is 1.48. The highest BCUT2D eigenvalue weighted by Gasteiger charge is 2.10. The molecular formula is C14H10ClNO2. The molecule has 0 atom stereocenters. The van der Waals surface area contributed by atoms with Crippen LogP contribution in [0.4, 0.5) is 0 Å². The number of aromatic nitrogens is 1. The third kappa shape index (κ3) is 1.48. The second-order valence-corrected chi connectivity index (χ2v) is 4.43. The first-order chi connectivity index (χ1) is 8.72. The van der Waals surface area contributed by atoms with Crippen LogP contribution in [-0.2, 0) is 0 Å². The molecule has 4 heteroatoms. The number of benzene rings is 2. The molecule has 0 spiro atoms. The second kappa shape index (κ2) is 4.03. The van der Waals surface area contributed by atoms with Crippen LogP contribution in [0.25, 0.3) is 21.7 Å². The van der Waals surface area contributed by atoms with Crippen molar-refractivity contribution >= 4 is 33.3 Å². The van der Waals surface area contributed by atoms with E-state index in [0.29, 0.717) is 15.9 Å². The Morgan fingerprint density at radius 1 is 1.06 bits per heavy atom. The number of fused-ring (bicyclic) bond motifs is 3. The average Bonchev–Trinajstić information content (AvgIpc) is 2.40. The minimum Gasteiger partial charge on any atom is -0.413 e. The predicted octanol–water partition coefficient (Wildman–Crippen LogP) is 2.87. The molecule has 0 fully saturated rings. The van der Waals surface area contributed by atoms with Gasteiger partial charge in [0, 0.05) is 10.4 Å². The first-order valence-electron chi connectivity index (χ1n) is 5.50. The molecule has 1 aromatic heterocycles. The summed E-state index contributed by atoms with van der Waals surface area (Å²) in [6.45, 7) is 0. The second-order valence-electron chi connectivity index (χ2n) is 3.99. The van der Waals surface area contributed by atoms with E-state index in [0.717, 1.165) is 10.8 Å². The van der Waals surface area contributed by atoms with Crippen molar-refractivity contribution in [2.24, 2.45) is 0 Å². The summed E-state index contributed by atoms with van der Waals surface area (Å²) in [6.07, 6.45) is 0. The SMILES string of the molecule is COn1c(=O)c2ccccc2c2cc(Cl)ccc21. The van der Waals surface area contributed by atoms with Crippen LogP contribution in [0, 0.1) is 0 Å². The van der Waals surface area contributed by atoms with Gasteiger partial charge in [-0.2, -0.15) is 0 Å². The van der Waals surface area contributed by atoms with Gasteiger partial charge in [-0.3, -0.25) is 4.79 Å². The maximum Gasteiger partial charge on any atom is 0.291 e. The Morgan fingerprint density at radius 2 is 1.78 bits per heavy atom. The molecule has 0 saturated heterocycles. The van der Waals surface area contributed by atoms with Gasteiger partial charge in [-0.25, -0.2) is 0 Å². The Hall–Kier alpha value is -2.00. The van der Waals surface area contributed by atoms with Crippen molar-refractivity contribution in [3.8, 4) is 0 Å². The Morgan fingerprint density at radius 3 is 2.50 bits per heavy atom. The van der Waals surface area contributed by atoms with Crippen LogP contribution < -0.4 is 10.4 Å². The van der Waals surface area contributed by atoms with Crippen LogP contribution >= 0.6 is 11.6 Å². The van der Waals surface area contributed by atoms with Gasteiger partial charge < -0.3 is 4.84 Å². The van der Waals surface area contributed by atoms with E-state index in [1.165, 1.54) is 11.8 Å². The third-order valence-electron chi connectivity index (χ3n) is 2.99. The molecule has 0 aliphatic heterocycles. The van der Waals surface area contributed by atoms with Gasteiger partial charge >= 0.3 is 0 Å². The molecule has 1 heterocycles. The quantitative estimate of drug-likeness (QED) is 0.629. The van der Waals surface area contributed by atoms with Crippen LogP contribution in [0.15, 0.2) is 47.3 Å². The van der Waals surface area contributed by atoms with Gasteiger partial charge in [-0.15, -0.1) is 4.73 Å². The van der Waals surface area contributed by atoms with Crippen LogP contribution in [-0.4, -0.2) is 11.8 Å². The van der Waals surface area contributed by atoms with Gasteiger partial charge in [0.15, 0.2) is 0 Å². The Bertz CT molecular complexity index is 808. The summed E-state index contributed by atoms with van der Waals surface area (Å²) in [5.41, 5.74) is 0.550. The summed E-state index contributed by atoms with van der Waals surface area (Å²) in [5.74, 6) is 0. The summed E-state index contributed by atoms with van der Waals surface area (Å²) >= 11 is 6.03. The molecule has 90 valence electrons. The first-order valence-corrected chi connectivity index (χ1v) is 5.87. The molecule has 3 nitrogen and oxygen atoms in total. The van der Waals surface area contributed by atoms with E-state index in [9.17, 15) is 4.79 Å². The fourth-order valence-corrected chi connectivity index (χ4v) is 2.38. The van der Waals surface area contributed by atoms with E-state index in [2.05, 4.69) is 0 Å². The number of nitrogens with zero attached hydrogens (tertiary/aromatic N) is 1. The zero-order valence-corrected chi connectivity index (χ0v) is 10.4. The van der Waals surface area contributed by atoms with Gasteiger partial charge in [-0.1, -0.05) is 29.8 Å². The first kappa shape index (κ1) is 11.1. The normalized spacial score (nSPS) is 11.0. The lowest BCUT2D eigenvalue weighted by molar-refractivity contribution is 0.170. The van der Waals surface area contributed by atoms with Gasteiger partial charge in [0.1, 0.15) is 7.11 Å². The maximum atomic E-state index is 12.3. The summed E-state index contributed by atoms with van der Waals surface area (Å²) in [4.78, 5) is 17.4. The van der Waals surface area contributed by atoms with Gasteiger partial charge in [0.25, 0.3) is 5.56 Å². The third-order valence-corrected chi connectivity index (χ3v) is 3.23. The van der Waals surface area contributed by atoms with Crippen molar-refractivity contribution in [1.29, 1.82) is 0 Å². The van der Waals surface area contributed by atoms with Gasteiger partial charge in [0.05, 0.1) is 10.9 Å². The van der Waals surface area contributed by atoms with Crippen LogP contribution in [0.3, 0.4) is 0 Å². The average molecular weight is 260 g/mol. The van der Waals surface area contributed by atoms with Crippen molar-refractivity contribution in [1.82, 2.24) is 4.73 Å². The number of hydrogen-bond donors (Lipinski definition) is 0. The molecule has 3 rings (SSSR count). The van der Waals surface area contributed by atoms with E-state index in [1.54, 1.807) is 18.2 Å². The van der Waals surface area contributed by atoms with Gasteiger partial charge in [0.2, 0.25) is 0 Å². The van der Waals surface area contributed by atoms with Crippen LogP contribution in [0.5, 0.6) is 0 Å². The standard InChI is InChI=1S/C14H10ClNO2/c1-18-16-13-7-6-9(15)8-12(13)10-4-2-3-5-11(10)14(16)17/h2-8H,1H3. The number of hydrogen-bond acceptors (Lipinski definition) is 2. The molecule has 3 aromatic rings. The Kier molecular flexibility index (Phi) is 2.49. The molecule has 0 N–H and O–H groups in total. The minimum atomic E-state index is -0.164. The molecule has 18 heavy (non-hydrogen) atoms. The van der Waals surface area contributed by atoms with Crippen LogP contribution in [0.1, 0.15) is 0 Å². The smallest absolute Gasteiger partial charge is 0.291 e. The van der Waals surface area contributed by atoms with E-state index in [-0.39, 0.29) is 5.56 Å². The lowest BCUT2D eigenvalue weighted by atomic mass is 10.1. The highest BCUT2D eigenvalue weighted by Crippen LogP contribution is 2.25. The molecule has 0 aliphatic carbocycles. The van der Waals surface area contributed by atoms with E-state index < -0.39 is 0 Å². The zero-order chi connectivity index (χ0) is 12.7. The van der Waals surface area contributed by atoms with Crippen molar-refractivity contribution in [3.63, 3.8) is 0 Å². The maximum absolute atomic E-state index is 12.3. The summed E-state index contributed by atoms with van der Waals surface area (Å²) in [5, 5.41) is 3.04. The molecule has 0 aliphatic rings. The fourth-order valence-electron chi connectivity index (χ4n) is 2.21. The number of halogens is 1. The van der Waals surface area contributed by atoms with Crippen molar-refractivity contribution in [3.05, 3.63) is 57.8 Å². The molecule has 2 aromatic carbocycles. The lowest BCUT2D eigenvalue weighted by Gasteiger charge is -2.11. The lowest BCUT2D eigenvalue weighted by Crippen LogP contribution is -2.25. The molecule has 0 bridgehead atoms. The molecular weight excluding hydrogens is 250 g/mol. The topological polar surface area (TPSA) is 31.2 Å². The molecule has 0 amide bonds. The van der Waals surface area contributed by atoms with Crippen molar-refractivity contribution in [2.45, 2.75) is 0 Å². The Labute approximate surface area is 108 Å². The molecule has 0 unspecified atom stereocenters. The van der Waals surface area contributed by atoms with Crippen molar-refractivity contribution < 1.29 is 4.84 Å². The number of pyridine rings is 1.